The van der Waals surface area contributed by atoms with Crippen LogP contribution in [0.3, 0.4) is 0 Å². The first-order chi connectivity index (χ1) is 11.3. The topological polar surface area (TPSA) is 49.3 Å². The number of anilines is 1. The fourth-order valence-corrected chi connectivity index (χ4v) is 2.85. The molecule has 5 heteroatoms. The van der Waals surface area contributed by atoms with E-state index >= 15 is 0 Å². The Labute approximate surface area is 137 Å². The number of rotatable bonds is 4. The van der Waals surface area contributed by atoms with Gasteiger partial charge in [-0.15, -0.1) is 0 Å². The largest absolute Gasteiger partial charge is 0.337 e. The van der Waals surface area contributed by atoms with Gasteiger partial charge >= 0.3 is 0 Å². The molecule has 0 N–H and O–H groups in total. The second kappa shape index (κ2) is 7.22. The third-order valence-corrected chi connectivity index (χ3v) is 4.14. The fourth-order valence-electron chi connectivity index (χ4n) is 2.85. The Hall–Kier alpha value is -2.43. The highest BCUT2D eigenvalue weighted by molar-refractivity contribution is 5.94. The van der Waals surface area contributed by atoms with Crippen LogP contribution in [0.5, 0.6) is 0 Å². The van der Waals surface area contributed by atoms with E-state index in [4.69, 9.17) is 0 Å². The minimum Gasteiger partial charge on any atom is -0.337 e. The smallest absolute Gasteiger partial charge is 0.253 e. The van der Waals surface area contributed by atoms with Gasteiger partial charge in [0.1, 0.15) is 0 Å². The Kier molecular flexibility index (Phi) is 4.86. The number of carbonyl (C=O) groups is 1. The summed E-state index contributed by atoms with van der Waals surface area (Å²) < 4.78 is 0. The second-order valence-electron chi connectivity index (χ2n) is 5.77. The summed E-state index contributed by atoms with van der Waals surface area (Å²) in [7, 11) is 0. The Balaban J connectivity index is 1.59. The van der Waals surface area contributed by atoms with Crippen molar-refractivity contribution in [1.82, 2.24) is 14.9 Å². The highest BCUT2D eigenvalue weighted by atomic mass is 16.2. The number of nitrogens with zero attached hydrogens (tertiary/aromatic N) is 4. The SMILES string of the molecule is CCCc1ccc(C(=O)N2CCN(c3ncccn3)CC2)cc1. The summed E-state index contributed by atoms with van der Waals surface area (Å²) in [6.45, 7) is 5.10. The van der Waals surface area contributed by atoms with Gasteiger partial charge in [-0.1, -0.05) is 25.5 Å². The molecule has 0 aliphatic carbocycles. The molecule has 2 aromatic rings. The number of hydrogen-bond donors (Lipinski definition) is 0. The van der Waals surface area contributed by atoms with Gasteiger partial charge in [-0.05, 0) is 30.2 Å². The molecule has 1 amide bonds. The van der Waals surface area contributed by atoms with Gasteiger partial charge in [-0.3, -0.25) is 4.79 Å². The molecular formula is C18H22N4O. The first-order valence-electron chi connectivity index (χ1n) is 8.18. The summed E-state index contributed by atoms with van der Waals surface area (Å²) in [6, 6.07) is 9.82. The fraction of sp³-hybridized carbons (Fsp3) is 0.389. The van der Waals surface area contributed by atoms with Crippen molar-refractivity contribution >= 4 is 11.9 Å². The van der Waals surface area contributed by atoms with Crippen LogP contribution in [0.2, 0.25) is 0 Å². The van der Waals surface area contributed by atoms with Gasteiger partial charge in [0.15, 0.2) is 0 Å². The number of piperazine rings is 1. The number of hydrogen-bond acceptors (Lipinski definition) is 4. The van der Waals surface area contributed by atoms with E-state index in [9.17, 15) is 4.79 Å². The summed E-state index contributed by atoms with van der Waals surface area (Å²) in [5, 5.41) is 0. The molecule has 120 valence electrons. The van der Waals surface area contributed by atoms with Crippen LogP contribution in [0.4, 0.5) is 5.95 Å². The van der Waals surface area contributed by atoms with Crippen molar-refractivity contribution in [3.8, 4) is 0 Å². The van der Waals surface area contributed by atoms with Gasteiger partial charge in [0.25, 0.3) is 5.91 Å². The van der Waals surface area contributed by atoms with Gasteiger partial charge in [0.05, 0.1) is 0 Å². The Morgan fingerprint density at radius 3 is 2.30 bits per heavy atom. The molecule has 5 nitrogen and oxygen atoms in total. The van der Waals surface area contributed by atoms with Crippen LogP contribution in [0.1, 0.15) is 29.3 Å². The van der Waals surface area contributed by atoms with Crippen LogP contribution >= 0.6 is 0 Å². The molecule has 1 saturated heterocycles. The Morgan fingerprint density at radius 1 is 1.04 bits per heavy atom. The molecular weight excluding hydrogens is 288 g/mol. The maximum Gasteiger partial charge on any atom is 0.253 e. The zero-order valence-corrected chi connectivity index (χ0v) is 13.5. The maximum atomic E-state index is 12.6. The van der Waals surface area contributed by atoms with E-state index in [1.54, 1.807) is 12.4 Å². The van der Waals surface area contributed by atoms with E-state index in [2.05, 4.69) is 33.9 Å². The summed E-state index contributed by atoms with van der Waals surface area (Å²) in [6.07, 6.45) is 5.68. The summed E-state index contributed by atoms with van der Waals surface area (Å²) in [4.78, 5) is 25.2. The second-order valence-corrected chi connectivity index (χ2v) is 5.77. The Bertz CT molecular complexity index is 634. The van der Waals surface area contributed by atoms with Gasteiger partial charge < -0.3 is 9.80 Å². The van der Waals surface area contributed by atoms with E-state index in [1.165, 1.54) is 5.56 Å². The standard InChI is InChI=1S/C18H22N4O/c1-2-4-15-5-7-16(8-6-15)17(23)21-11-13-22(14-12-21)18-19-9-3-10-20-18/h3,5-10H,2,4,11-14H2,1H3. The highest BCUT2D eigenvalue weighted by Gasteiger charge is 2.23. The number of amides is 1. The minimum atomic E-state index is 0.113. The number of aromatic nitrogens is 2. The van der Waals surface area contributed by atoms with Crippen LogP contribution in [-0.2, 0) is 6.42 Å². The van der Waals surface area contributed by atoms with Crippen molar-refractivity contribution < 1.29 is 4.79 Å². The van der Waals surface area contributed by atoms with E-state index in [0.717, 1.165) is 37.4 Å². The monoisotopic (exact) mass is 310 g/mol. The molecule has 1 aliphatic rings. The lowest BCUT2D eigenvalue weighted by atomic mass is 10.1. The quantitative estimate of drug-likeness (QED) is 0.870. The van der Waals surface area contributed by atoms with Crippen molar-refractivity contribution in [2.75, 3.05) is 31.1 Å². The van der Waals surface area contributed by atoms with Gasteiger partial charge in [-0.2, -0.15) is 0 Å². The normalized spacial score (nSPS) is 14.8. The first kappa shape index (κ1) is 15.5. The van der Waals surface area contributed by atoms with Gasteiger partial charge in [0.2, 0.25) is 5.95 Å². The van der Waals surface area contributed by atoms with Crippen molar-refractivity contribution in [2.24, 2.45) is 0 Å². The molecule has 0 saturated carbocycles. The van der Waals surface area contributed by atoms with Gasteiger partial charge in [0, 0.05) is 44.1 Å². The first-order valence-corrected chi connectivity index (χ1v) is 8.18. The predicted octanol–water partition coefficient (Wildman–Crippen LogP) is 2.39. The lowest BCUT2D eigenvalue weighted by molar-refractivity contribution is 0.0746. The molecule has 1 aliphatic heterocycles. The van der Waals surface area contributed by atoms with E-state index in [1.807, 2.05) is 23.1 Å². The lowest BCUT2D eigenvalue weighted by Crippen LogP contribution is -2.49. The summed E-state index contributed by atoms with van der Waals surface area (Å²) >= 11 is 0. The zero-order chi connectivity index (χ0) is 16.1. The molecule has 1 aromatic carbocycles. The average Bonchev–Trinajstić information content (AvgIpc) is 2.63. The van der Waals surface area contributed by atoms with Crippen LogP contribution in [0.15, 0.2) is 42.7 Å². The molecule has 3 rings (SSSR count). The minimum absolute atomic E-state index is 0.113. The van der Waals surface area contributed by atoms with E-state index in [-0.39, 0.29) is 5.91 Å². The molecule has 0 radical (unpaired) electrons. The van der Waals surface area contributed by atoms with Gasteiger partial charge in [-0.25, -0.2) is 9.97 Å². The molecule has 2 heterocycles. The molecule has 23 heavy (non-hydrogen) atoms. The summed E-state index contributed by atoms with van der Waals surface area (Å²) in [5.74, 6) is 0.852. The highest BCUT2D eigenvalue weighted by Crippen LogP contribution is 2.14. The predicted molar refractivity (Wildman–Crippen MR) is 90.6 cm³/mol. The molecule has 1 aromatic heterocycles. The Morgan fingerprint density at radius 2 is 1.70 bits per heavy atom. The average molecular weight is 310 g/mol. The van der Waals surface area contributed by atoms with Crippen molar-refractivity contribution in [1.29, 1.82) is 0 Å². The third kappa shape index (κ3) is 3.67. The molecule has 0 bridgehead atoms. The van der Waals surface area contributed by atoms with Crippen LogP contribution < -0.4 is 4.90 Å². The van der Waals surface area contributed by atoms with E-state index in [0.29, 0.717) is 13.1 Å². The summed E-state index contributed by atoms with van der Waals surface area (Å²) in [5.41, 5.74) is 2.06. The van der Waals surface area contributed by atoms with Crippen molar-refractivity contribution in [3.63, 3.8) is 0 Å². The molecule has 0 atom stereocenters. The molecule has 0 spiro atoms. The third-order valence-electron chi connectivity index (χ3n) is 4.14. The number of aryl methyl sites for hydroxylation is 1. The van der Waals surface area contributed by atoms with E-state index < -0.39 is 0 Å². The lowest BCUT2D eigenvalue weighted by Gasteiger charge is -2.34. The molecule has 0 unspecified atom stereocenters. The van der Waals surface area contributed by atoms with Crippen molar-refractivity contribution in [3.05, 3.63) is 53.9 Å². The number of benzene rings is 1. The zero-order valence-electron chi connectivity index (χ0n) is 13.5. The van der Waals surface area contributed by atoms with Crippen molar-refractivity contribution in [2.45, 2.75) is 19.8 Å². The maximum absolute atomic E-state index is 12.6. The van der Waals surface area contributed by atoms with Crippen LogP contribution in [0, 0.1) is 0 Å². The van der Waals surface area contributed by atoms with Crippen LogP contribution in [-0.4, -0.2) is 47.0 Å². The molecule has 1 fully saturated rings. The number of carbonyl (C=O) groups excluding carboxylic acids is 1. The van der Waals surface area contributed by atoms with Crippen LogP contribution in [0.25, 0.3) is 0 Å².